The SMILES string of the molecule is CCCc1cc(C(=O)NCC[C@@]23CCCC[C@@H]2c2c([nH]c(=O)[nH]c2=O)O3)on1. The van der Waals surface area contributed by atoms with Gasteiger partial charge < -0.3 is 14.6 Å². The van der Waals surface area contributed by atoms with E-state index in [1.807, 2.05) is 6.92 Å². The van der Waals surface area contributed by atoms with Crippen LogP contribution in [0.5, 0.6) is 5.88 Å². The van der Waals surface area contributed by atoms with Gasteiger partial charge in [0.15, 0.2) is 0 Å². The second kappa shape index (κ2) is 7.29. The lowest BCUT2D eigenvalue weighted by Crippen LogP contribution is -2.44. The molecule has 4 rings (SSSR count). The molecule has 0 saturated heterocycles. The Labute approximate surface area is 160 Å². The second-order valence-electron chi connectivity index (χ2n) is 7.55. The number of hydrogen-bond acceptors (Lipinski definition) is 6. The van der Waals surface area contributed by atoms with Gasteiger partial charge in [-0.1, -0.05) is 24.9 Å². The van der Waals surface area contributed by atoms with E-state index < -0.39 is 11.3 Å². The number of aromatic amines is 2. The van der Waals surface area contributed by atoms with Crippen molar-refractivity contribution >= 4 is 5.91 Å². The molecule has 1 amide bonds. The molecule has 0 radical (unpaired) electrons. The van der Waals surface area contributed by atoms with E-state index in [1.165, 1.54) is 0 Å². The molecule has 1 aliphatic heterocycles. The second-order valence-corrected chi connectivity index (χ2v) is 7.55. The summed E-state index contributed by atoms with van der Waals surface area (Å²) in [6.45, 7) is 2.40. The molecule has 9 nitrogen and oxygen atoms in total. The molecule has 2 aromatic heterocycles. The zero-order valence-corrected chi connectivity index (χ0v) is 15.8. The van der Waals surface area contributed by atoms with Crippen molar-refractivity contribution in [1.29, 1.82) is 0 Å². The quantitative estimate of drug-likeness (QED) is 0.689. The van der Waals surface area contributed by atoms with Crippen LogP contribution in [0.4, 0.5) is 0 Å². The molecule has 2 aliphatic rings. The molecule has 0 unspecified atom stereocenters. The Morgan fingerprint density at radius 2 is 2.21 bits per heavy atom. The van der Waals surface area contributed by atoms with Gasteiger partial charge in [-0.05, 0) is 25.7 Å². The molecular weight excluding hydrogens is 364 g/mol. The summed E-state index contributed by atoms with van der Waals surface area (Å²) in [7, 11) is 0. The highest BCUT2D eigenvalue weighted by atomic mass is 16.5. The highest BCUT2D eigenvalue weighted by molar-refractivity contribution is 5.91. The van der Waals surface area contributed by atoms with Crippen LogP contribution >= 0.6 is 0 Å². The lowest BCUT2D eigenvalue weighted by molar-refractivity contribution is 0.0244. The molecule has 3 heterocycles. The van der Waals surface area contributed by atoms with Crippen molar-refractivity contribution in [3.05, 3.63) is 43.9 Å². The average Bonchev–Trinajstić information content (AvgIpc) is 3.24. The minimum atomic E-state index is -0.583. The fourth-order valence-electron chi connectivity index (χ4n) is 4.43. The molecule has 2 atom stereocenters. The fourth-order valence-corrected chi connectivity index (χ4v) is 4.43. The first-order valence-corrected chi connectivity index (χ1v) is 9.82. The number of H-pyrrole nitrogens is 2. The van der Waals surface area contributed by atoms with E-state index in [4.69, 9.17) is 9.26 Å². The van der Waals surface area contributed by atoms with Crippen LogP contribution in [0.1, 0.15) is 73.2 Å². The van der Waals surface area contributed by atoms with Crippen LogP contribution in [0.15, 0.2) is 20.2 Å². The van der Waals surface area contributed by atoms with Crippen molar-refractivity contribution in [1.82, 2.24) is 20.4 Å². The molecule has 1 aliphatic carbocycles. The number of aromatic nitrogens is 3. The first-order valence-electron chi connectivity index (χ1n) is 9.82. The van der Waals surface area contributed by atoms with Crippen molar-refractivity contribution in [3.8, 4) is 5.88 Å². The lowest BCUT2D eigenvalue weighted by Gasteiger charge is -2.38. The van der Waals surface area contributed by atoms with Gasteiger partial charge in [0.05, 0.1) is 11.3 Å². The molecule has 9 heteroatoms. The van der Waals surface area contributed by atoms with Gasteiger partial charge in [-0.25, -0.2) is 4.79 Å². The average molecular weight is 388 g/mol. The summed E-state index contributed by atoms with van der Waals surface area (Å²) in [4.78, 5) is 41.1. The zero-order valence-electron chi connectivity index (χ0n) is 15.8. The summed E-state index contributed by atoms with van der Waals surface area (Å²) < 4.78 is 11.2. The lowest BCUT2D eigenvalue weighted by atomic mass is 9.72. The Morgan fingerprint density at radius 3 is 3.04 bits per heavy atom. The smallest absolute Gasteiger partial charge is 0.328 e. The summed E-state index contributed by atoms with van der Waals surface area (Å²) >= 11 is 0. The molecule has 0 aromatic carbocycles. The fraction of sp³-hybridized carbons (Fsp3) is 0.579. The maximum Gasteiger partial charge on any atom is 0.328 e. The van der Waals surface area contributed by atoms with Crippen molar-refractivity contribution in [2.45, 2.75) is 63.4 Å². The van der Waals surface area contributed by atoms with Gasteiger partial charge in [0, 0.05) is 24.9 Å². The molecule has 0 spiro atoms. The predicted molar refractivity (Wildman–Crippen MR) is 99.7 cm³/mol. The monoisotopic (exact) mass is 388 g/mol. The van der Waals surface area contributed by atoms with E-state index in [9.17, 15) is 14.4 Å². The molecule has 2 aromatic rings. The van der Waals surface area contributed by atoms with Gasteiger partial charge in [0.25, 0.3) is 11.5 Å². The molecule has 150 valence electrons. The van der Waals surface area contributed by atoms with Crippen LogP contribution < -0.4 is 21.3 Å². The van der Waals surface area contributed by atoms with Crippen molar-refractivity contribution in [2.75, 3.05) is 6.54 Å². The highest BCUT2D eigenvalue weighted by Gasteiger charge is 2.51. The summed E-state index contributed by atoms with van der Waals surface area (Å²) in [6.07, 6.45) is 5.79. The summed E-state index contributed by atoms with van der Waals surface area (Å²) in [5.41, 5.74) is -0.262. The van der Waals surface area contributed by atoms with E-state index in [-0.39, 0.29) is 29.0 Å². The van der Waals surface area contributed by atoms with Crippen LogP contribution in [-0.4, -0.2) is 33.2 Å². The van der Waals surface area contributed by atoms with Crippen molar-refractivity contribution in [3.63, 3.8) is 0 Å². The maximum absolute atomic E-state index is 12.3. The Bertz CT molecular complexity index is 991. The zero-order chi connectivity index (χ0) is 19.7. The number of aryl methyl sites for hydroxylation is 1. The third-order valence-corrected chi connectivity index (χ3v) is 5.70. The minimum Gasteiger partial charge on any atom is -0.471 e. The normalized spacial score (nSPS) is 23.0. The number of ether oxygens (including phenoxy) is 1. The topological polar surface area (TPSA) is 130 Å². The molecule has 1 fully saturated rings. The Kier molecular flexibility index (Phi) is 4.82. The highest BCUT2D eigenvalue weighted by Crippen LogP contribution is 2.51. The molecule has 1 saturated carbocycles. The van der Waals surface area contributed by atoms with Gasteiger partial charge >= 0.3 is 5.69 Å². The number of carbonyl (C=O) groups excluding carboxylic acids is 1. The van der Waals surface area contributed by atoms with Gasteiger partial charge in [0.1, 0.15) is 5.60 Å². The van der Waals surface area contributed by atoms with E-state index in [1.54, 1.807) is 6.07 Å². The Hall–Kier alpha value is -2.84. The largest absolute Gasteiger partial charge is 0.471 e. The van der Waals surface area contributed by atoms with E-state index in [0.717, 1.165) is 44.2 Å². The van der Waals surface area contributed by atoms with E-state index in [2.05, 4.69) is 20.4 Å². The van der Waals surface area contributed by atoms with Gasteiger partial charge in [-0.15, -0.1) is 0 Å². The number of nitrogens with zero attached hydrogens (tertiary/aromatic N) is 1. The van der Waals surface area contributed by atoms with Crippen LogP contribution in [0.2, 0.25) is 0 Å². The van der Waals surface area contributed by atoms with Crippen LogP contribution in [0, 0.1) is 0 Å². The maximum atomic E-state index is 12.3. The predicted octanol–water partition coefficient (Wildman–Crippen LogP) is 1.61. The molecule has 28 heavy (non-hydrogen) atoms. The number of rotatable bonds is 6. The number of nitrogens with one attached hydrogen (secondary N) is 3. The molecule has 3 N–H and O–H groups in total. The van der Waals surface area contributed by atoms with Crippen LogP contribution in [0.3, 0.4) is 0 Å². The van der Waals surface area contributed by atoms with E-state index in [0.29, 0.717) is 18.5 Å². The third kappa shape index (κ3) is 3.25. The molecule has 0 bridgehead atoms. The van der Waals surface area contributed by atoms with Crippen molar-refractivity contribution < 1.29 is 14.1 Å². The molecular formula is C19H24N4O5. The summed E-state index contributed by atoms with van der Waals surface area (Å²) in [5.74, 6) is 0.0551. The minimum absolute atomic E-state index is 0.0878. The number of amides is 1. The van der Waals surface area contributed by atoms with Crippen LogP contribution in [0.25, 0.3) is 0 Å². The summed E-state index contributed by atoms with van der Waals surface area (Å²) in [5, 5.41) is 6.74. The number of fused-ring (bicyclic) bond motifs is 3. The Balaban J connectivity index is 1.46. The summed E-state index contributed by atoms with van der Waals surface area (Å²) in [6, 6.07) is 1.66. The first-order chi connectivity index (χ1) is 13.5. The number of hydrogen-bond donors (Lipinski definition) is 3. The van der Waals surface area contributed by atoms with Crippen molar-refractivity contribution in [2.24, 2.45) is 0 Å². The standard InChI is InChI=1S/C19H24N4O5/c1-2-5-11-10-13(28-23-11)15(24)20-9-8-19-7-4-3-6-12(19)14-16(25)21-18(26)22-17(14)27-19/h10,12H,2-9H2,1H3,(H,20,24)(H2,21,22,25,26)/t12-,19+/m1/s1. The van der Waals surface area contributed by atoms with Crippen LogP contribution in [-0.2, 0) is 6.42 Å². The third-order valence-electron chi connectivity index (χ3n) is 5.70. The Morgan fingerprint density at radius 1 is 1.36 bits per heavy atom. The van der Waals surface area contributed by atoms with Gasteiger partial charge in [-0.3, -0.25) is 19.6 Å². The first kappa shape index (κ1) is 18.5. The number of carbonyl (C=O) groups is 1. The van der Waals surface area contributed by atoms with Gasteiger partial charge in [-0.2, -0.15) is 0 Å². The van der Waals surface area contributed by atoms with Gasteiger partial charge in [0.2, 0.25) is 11.6 Å². The van der Waals surface area contributed by atoms with E-state index >= 15 is 0 Å².